The summed E-state index contributed by atoms with van der Waals surface area (Å²) in [6.07, 6.45) is 3.83. The number of rotatable bonds is 6. The number of aliphatic hydroxyl groups is 3. The number of benzene rings is 2. The molecule has 3 aromatic rings. The molecule has 1 saturated carbocycles. The van der Waals surface area contributed by atoms with Crippen molar-refractivity contribution in [1.29, 1.82) is 0 Å². The van der Waals surface area contributed by atoms with Crippen LogP contribution in [0.15, 0.2) is 51.7 Å². The number of anilines is 1. The average Bonchev–Trinajstić information content (AvgIpc) is 3.40. The molecule has 1 heterocycles. The highest BCUT2D eigenvalue weighted by Crippen LogP contribution is 2.53. The van der Waals surface area contributed by atoms with Crippen LogP contribution < -0.4 is 15.4 Å². The Balaban J connectivity index is 1.52. The summed E-state index contributed by atoms with van der Waals surface area (Å²) in [6.45, 7) is 0. The fraction of sp³-hybridized carbons (Fsp3) is 0.333. The van der Waals surface area contributed by atoms with Crippen LogP contribution in [0.25, 0.3) is 29.0 Å². The van der Waals surface area contributed by atoms with Gasteiger partial charge in [-0.2, -0.15) is 0 Å². The number of nitrogens with zero attached hydrogens (tertiary/aromatic N) is 3. The van der Waals surface area contributed by atoms with Crippen molar-refractivity contribution in [1.82, 2.24) is 9.88 Å². The van der Waals surface area contributed by atoms with Gasteiger partial charge >= 0.3 is 0 Å². The van der Waals surface area contributed by atoms with Crippen LogP contribution in [0.5, 0.6) is 5.75 Å². The number of aromatic nitrogens is 1. The van der Waals surface area contributed by atoms with Crippen LogP contribution in [-0.4, -0.2) is 89.6 Å². The van der Waals surface area contributed by atoms with Gasteiger partial charge in [-0.1, -0.05) is 12.1 Å². The summed E-state index contributed by atoms with van der Waals surface area (Å²) in [5, 5.41) is 34.8. The van der Waals surface area contributed by atoms with Crippen LogP contribution >= 0.6 is 0 Å². The molecule has 0 saturated heterocycles. The molecule has 0 aliphatic heterocycles. The first-order chi connectivity index (χ1) is 21.3. The minimum atomic E-state index is -2.66. The quantitative estimate of drug-likeness (QED) is 0.300. The predicted molar refractivity (Wildman–Crippen MR) is 166 cm³/mol. The van der Waals surface area contributed by atoms with Gasteiger partial charge in [0.25, 0.3) is 5.91 Å². The Morgan fingerprint density at radius 2 is 1.82 bits per heavy atom. The van der Waals surface area contributed by atoms with Crippen LogP contribution in [0, 0.1) is 11.8 Å². The lowest BCUT2D eigenvalue weighted by atomic mass is 9.57. The normalized spacial score (nSPS) is 24.7. The van der Waals surface area contributed by atoms with E-state index in [9.17, 15) is 29.7 Å². The summed E-state index contributed by atoms with van der Waals surface area (Å²) in [7, 11) is 8.46. The van der Waals surface area contributed by atoms with Crippen molar-refractivity contribution >= 4 is 52.2 Å². The Kier molecular flexibility index (Phi) is 7.09. The second-order valence-electron chi connectivity index (χ2n) is 12.1. The van der Waals surface area contributed by atoms with Crippen LogP contribution in [0.2, 0.25) is 0 Å². The first kappa shape index (κ1) is 30.1. The van der Waals surface area contributed by atoms with E-state index < -0.39 is 58.0 Å². The number of nitrogens with two attached hydrogens (primary N) is 1. The SMILES string of the molecule is COc1ccc(C=Cc2nc3cc(N(C)C)c4c(c3o2)C(O)=C2C(=O)[C@]3(O)C(O)=C(C(N)=O)C(=O)[C@@H](N(C)C)[C@@H]3C[C@@H]2C4)cc1. The second kappa shape index (κ2) is 10.6. The number of primary amides is 1. The molecule has 12 heteroatoms. The number of fused-ring (bicyclic) bond motifs is 5. The van der Waals surface area contributed by atoms with Gasteiger partial charge < -0.3 is 35.1 Å². The number of amides is 1. The van der Waals surface area contributed by atoms with Crippen molar-refractivity contribution in [2.45, 2.75) is 24.5 Å². The molecule has 4 atom stereocenters. The fourth-order valence-electron chi connectivity index (χ4n) is 7.05. The Labute approximate surface area is 258 Å². The Bertz CT molecular complexity index is 1870. The van der Waals surface area contributed by atoms with Gasteiger partial charge in [0.2, 0.25) is 11.7 Å². The third kappa shape index (κ3) is 4.43. The Hall–Kier alpha value is -4.94. The number of methoxy groups -OCH3 is 1. The number of aliphatic hydroxyl groups excluding tert-OH is 2. The zero-order chi connectivity index (χ0) is 32.5. The number of carbonyl (C=O) groups excluding carboxylic acids is 3. The van der Waals surface area contributed by atoms with E-state index in [1.54, 1.807) is 27.3 Å². The number of hydrogen-bond acceptors (Lipinski definition) is 11. The molecule has 0 unspecified atom stereocenters. The molecular formula is C33H34N4O8. The molecule has 1 fully saturated rings. The summed E-state index contributed by atoms with van der Waals surface area (Å²) in [4.78, 5) is 47.8. The molecule has 0 bridgehead atoms. The maximum Gasteiger partial charge on any atom is 0.255 e. The molecule has 2 aromatic carbocycles. The molecule has 1 amide bonds. The number of ether oxygens (including phenoxy) is 1. The molecule has 3 aliphatic carbocycles. The van der Waals surface area contributed by atoms with E-state index >= 15 is 0 Å². The average molecular weight is 615 g/mol. The zero-order valence-electron chi connectivity index (χ0n) is 25.5. The lowest BCUT2D eigenvalue weighted by Crippen LogP contribution is -2.65. The van der Waals surface area contributed by atoms with Gasteiger partial charge in [-0.3, -0.25) is 19.3 Å². The number of ketones is 2. The third-order valence-corrected chi connectivity index (χ3v) is 9.11. The first-order valence-corrected chi connectivity index (χ1v) is 14.4. The highest BCUT2D eigenvalue weighted by atomic mass is 16.5. The smallest absolute Gasteiger partial charge is 0.255 e. The van der Waals surface area contributed by atoms with Gasteiger partial charge in [0.15, 0.2) is 17.0 Å². The highest BCUT2D eigenvalue weighted by molar-refractivity contribution is 6.24. The number of oxazole rings is 1. The molecule has 5 N–H and O–H groups in total. The molecule has 0 radical (unpaired) electrons. The number of likely N-dealkylation sites (N-methyl/N-ethyl adjacent to an activating group) is 1. The van der Waals surface area contributed by atoms with Crippen LogP contribution in [0.1, 0.15) is 29.0 Å². The van der Waals surface area contributed by atoms with E-state index in [0.29, 0.717) is 11.1 Å². The van der Waals surface area contributed by atoms with Crippen molar-refractivity contribution in [3.8, 4) is 5.75 Å². The highest BCUT2D eigenvalue weighted by Gasteiger charge is 2.64. The van der Waals surface area contributed by atoms with Gasteiger partial charge in [-0.25, -0.2) is 4.98 Å². The molecule has 12 nitrogen and oxygen atoms in total. The maximum absolute atomic E-state index is 14.2. The van der Waals surface area contributed by atoms with Crippen molar-refractivity contribution in [3.63, 3.8) is 0 Å². The van der Waals surface area contributed by atoms with Gasteiger partial charge in [-0.15, -0.1) is 0 Å². The largest absolute Gasteiger partial charge is 0.508 e. The van der Waals surface area contributed by atoms with Crippen molar-refractivity contribution < 1.29 is 38.9 Å². The number of carbonyl (C=O) groups is 3. The molecule has 1 aromatic heterocycles. The maximum atomic E-state index is 14.2. The topological polar surface area (TPSA) is 180 Å². The third-order valence-electron chi connectivity index (χ3n) is 9.11. The monoisotopic (exact) mass is 614 g/mol. The minimum Gasteiger partial charge on any atom is -0.508 e. The lowest BCUT2D eigenvalue weighted by Gasteiger charge is -2.50. The molecule has 45 heavy (non-hydrogen) atoms. The van der Waals surface area contributed by atoms with E-state index in [1.165, 1.54) is 4.90 Å². The standard InChI is InChI=1S/C33H34N4O8/c1-36(2)21-14-20-29(45-22(35-20)11-8-15-6-9-17(44-5)10-7-15)24-18(21)12-16-13-19-26(37(3)4)28(39)25(32(34)42)31(41)33(19,43)30(40)23(16)27(24)38/h6-11,14,16,19,26,38,41,43H,12-13H2,1-5H3,(H2,34,42)/t16-,19-,26-,33-/m0/s1. The van der Waals surface area contributed by atoms with Gasteiger partial charge in [0.1, 0.15) is 28.4 Å². The van der Waals surface area contributed by atoms with Crippen LogP contribution in [0.4, 0.5) is 5.69 Å². The summed E-state index contributed by atoms with van der Waals surface area (Å²) in [6, 6.07) is 8.14. The molecule has 3 aliphatic rings. The van der Waals surface area contributed by atoms with E-state index in [4.69, 9.17) is 14.9 Å². The van der Waals surface area contributed by atoms with Crippen LogP contribution in [-0.2, 0) is 20.8 Å². The molecular weight excluding hydrogens is 580 g/mol. The molecule has 6 rings (SSSR count). The summed E-state index contributed by atoms with van der Waals surface area (Å²) in [5.74, 6) is -5.26. The first-order valence-electron chi connectivity index (χ1n) is 14.4. The van der Waals surface area contributed by atoms with Crippen LogP contribution in [0.3, 0.4) is 0 Å². The van der Waals surface area contributed by atoms with Gasteiger partial charge in [0.05, 0.1) is 18.7 Å². The summed E-state index contributed by atoms with van der Waals surface area (Å²) < 4.78 is 11.3. The summed E-state index contributed by atoms with van der Waals surface area (Å²) in [5.41, 5.74) is 5.10. The van der Waals surface area contributed by atoms with Crippen molar-refractivity contribution in [3.05, 3.63) is 69.8 Å². The molecule has 0 spiro atoms. The summed E-state index contributed by atoms with van der Waals surface area (Å²) >= 11 is 0. The number of Topliss-reactive ketones (excluding diaryl/α,β-unsaturated/α-hetero) is 2. The molecule has 234 valence electrons. The Morgan fingerprint density at radius 1 is 1.13 bits per heavy atom. The van der Waals surface area contributed by atoms with Gasteiger partial charge in [0, 0.05) is 37.3 Å². The Morgan fingerprint density at radius 3 is 2.42 bits per heavy atom. The van der Waals surface area contributed by atoms with Crippen molar-refractivity contribution in [2.75, 3.05) is 40.2 Å². The predicted octanol–water partition coefficient (Wildman–Crippen LogP) is 2.64. The zero-order valence-corrected chi connectivity index (χ0v) is 25.5. The van der Waals surface area contributed by atoms with Gasteiger partial charge in [-0.05, 0) is 68.3 Å². The van der Waals surface area contributed by atoms with E-state index in [1.807, 2.05) is 55.4 Å². The fourth-order valence-corrected chi connectivity index (χ4v) is 7.05. The minimum absolute atomic E-state index is 0.0585. The van der Waals surface area contributed by atoms with E-state index in [2.05, 4.69) is 4.98 Å². The lowest BCUT2D eigenvalue weighted by molar-refractivity contribution is -0.153. The van der Waals surface area contributed by atoms with E-state index in [-0.39, 0.29) is 35.5 Å². The van der Waals surface area contributed by atoms with Crippen molar-refractivity contribution in [2.24, 2.45) is 17.6 Å². The second-order valence-corrected chi connectivity index (χ2v) is 12.1. The number of hydrogen-bond donors (Lipinski definition) is 4. The van der Waals surface area contributed by atoms with E-state index in [0.717, 1.165) is 17.0 Å².